The van der Waals surface area contributed by atoms with Gasteiger partial charge in [-0.25, -0.2) is 9.18 Å². The Bertz CT molecular complexity index is 1190. The number of esters is 1. The number of nitrogens with one attached hydrogen (secondary N) is 1. The van der Waals surface area contributed by atoms with Crippen molar-refractivity contribution in [1.29, 1.82) is 0 Å². The second kappa shape index (κ2) is 7.75. The number of hydrogen-bond acceptors (Lipinski definition) is 5. The summed E-state index contributed by atoms with van der Waals surface area (Å²) < 4.78 is 25.5. The third-order valence-corrected chi connectivity index (χ3v) is 4.53. The van der Waals surface area contributed by atoms with Crippen molar-refractivity contribution >= 4 is 28.3 Å². The molecule has 2 aromatic heterocycles. The summed E-state index contributed by atoms with van der Waals surface area (Å²) in [6, 6.07) is 14.4. The molecule has 0 atom stereocenters. The van der Waals surface area contributed by atoms with E-state index in [9.17, 15) is 9.18 Å². The number of anilines is 2. The molecule has 0 saturated heterocycles. The second-order valence-corrected chi connectivity index (χ2v) is 6.56. The molecule has 0 fully saturated rings. The van der Waals surface area contributed by atoms with E-state index in [0.717, 1.165) is 16.7 Å². The van der Waals surface area contributed by atoms with Crippen molar-refractivity contribution in [3.05, 3.63) is 78.1 Å². The number of carbonyl (C=O) groups is 1. The maximum absolute atomic E-state index is 14.4. The zero-order valence-corrected chi connectivity index (χ0v) is 16.0. The van der Waals surface area contributed by atoms with Gasteiger partial charge in [0.1, 0.15) is 17.1 Å². The van der Waals surface area contributed by atoms with Crippen LogP contribution in [0.25, 0.3) is 22.1 Å². The van der Waals surface area contributed by atoms with E-state index in [1.807, 2.05) is 30.3 Å². The number of benzene rings is 2. The molecule has 4 rings (SSSR count). The molecule has 6 heteroatoms. The summed E-state index contributed by atoms with van der Waals surface area (Å²) in [5.41, 5.74) is 3.45. The number of hydrogen-bond donors (Lipinski definition) is 1. The van der Waals surface area contributed by atoms with Crippen molar-refractivity contribution in [1.82, 2.24) is 4.98 Å². The normalized spacial score (nSPS) is 10.9. The van der Waals surface area contributed by atoms with Gasteiger partial charge in [0.2, 0.25) is 5.76 Å². The summed E-state index contributed by atoms with van der Waals surface area (Å²) in [4.78, 5) is 16.8. The Morgan fingerprint density at radius 3 is 2.69 bits per heavy atom. The van der Waals surface area contributed by atoms with Gasteiger partial charge in [-0.3, -0.25) is 4.98 Å². The average Bonchev–Trinajstić information content (AvgIpc) is 3.09. The van der Waals surface area contributed by atoms with Gasteiger partial charge in [-0.15, -0.1) is 0 Å². The molecule has 0 saturated carbocycles. The van der Waals surface area contributed by atoms with Gasteiger partial charge in [0.25, 0.3) is 0 Å². The first-order valence-electron chi connectivity index (χ1n) is 9.24. The van der Waals surface area contributed by atoms with Crippen LogP contribution in [0.5, 0.6) is 0 Å². The fourth-order valence-corrected chi connectivity index (χ4v) is 3.16. The Morgan fingerprint density at radius 1 is 1.17 bits per heavy atom. The van der Waals surface area contributed by atoms with Crippen LogP contribution in [0.15, 0.2) is 65.3 Å². The van der Waals surface area contributed by atoms with Crippen molar-refractivity contribution in [2.75, 3.05) is 11.9 Å². The number of carbonyl (C=O) groups excluding carboxylic acids is 1. The van der Waals surface area contributed by atoms with E-state index in [2.05, 4.69) is 10.3 Å². The topological polar surface area (TPSA) is 64.4 Å². The van der Waals surface area contributed by atoms with Crippen LogP contribution in [-0.4, -0.2) is 17.6 Å². The largest absolute Gasteiger partial charge is 0.460 e. The highest BCUT2D eigenvalue weighted by Crippen LogP contribution is 2.38. The zero-order valence-electron chi connectivity index (χ0n) is 16.0. The number of pyridine rings is 1. The van der Waals surface area contributed by atoms with Crippen LogP contribution in [0.1, 0.15) is 23.0 Å². The smallest absolute Gasteiger partial charge is 0.376 e. The lowest BCUT2D eigenvalue weighted by Crippen LogP contribution is -2.06. The molecule has 2 heterocycles. The van der Waals surface area contributed by atoms with E-state index in [0.29, 0.717) is 16.7 Å². The van der Waals surface area contributed by atoms with Crippen LogP contribution in [0, 0.1) is 12.7 Å². The van der Waals surface area contributed by atoms with Gasteiger partial charge in [0.05, 0.1) is 17.7 Å². The molecule has 0 spiro atoms. The molecule has 0 amide bonds. The Labute approximate surface area is 167 Å². The molecule has 0 unspecified atom stereocenters. The molecule has 0 radical (unpaired) electrons. The van der Waals surface area contributed by atoms with Crippen molar-refractivity contribution in [3.63, 3.8) is 0 Å². The molecule has 29 heavy (non-hydrogen) atoms. The van der Waals surface area contributed by atoms with Gasteiger partial charge >= 0.3 is 5.97 Å². The minimum Gasteiger partial charge on any atom is -0.460 e. The zero-order chi connectivity index (χ0) is 20.4. The van der Waals surface area contributed by atoms with Gasteiger partial charge in [0, 0.05) is 18.0 Å². The number of fused-ring (bicyclic) bond motifs is 1. The maximum Gasteiger partial charge on any atom is 0.376 e. The third kappa shape index (κ3) is 3.57. The summed E-state index contributed by atoms with van der Waals surface area (Å²) in [5.74, 6) is -1.08. The van der Waals surface area contributed by atoms with Gasteiger partial charge in [-0.1, -0.05) is 36.4 Å². The number of aryl methyl sites for hydroxylation is 1. The highest BCUT2D eigenvalue weighted by molar-refractivity contribution is 6.08. The lowest BCUT2D eigenvalue weighted by atomic mass is 10.1. The minimum atomic E-state index is -0.627. The van der Waals surface area contributed by atoms with Crippen molar-refractivity contribution in [2.45, 2.75) is 13.8 Å². The van der Waals surface area contributed by atoms with E-state index in [1.54, 1.807) is 38.4 Å². The molecule has 146 valence electrons. The number of halogens is 1. The molecule has 2 aromatic carbocycles. The third-order valence-electron chi connectivity index (χ3n) is 4.53. The lowest BCUT2D eigenvalue weighted by Gasteiger charge is -2.08. The van der Waals surface area contributed by atoms with E-state index in [-0.39, 0.29) is 18.1 Å². The average molecular weight is 390 g/mol. The number of aromatic nitrogens is 1. The van der Waals surface area contributed by atoms with E-state index in [4.69, 9.17) is 9.15 Å². The van der Waals surface area contributed by atoms with Crippen molar-refractivity contribution in [3.8, 4) is 11.1 Å². The fraction of sp³-hybridized carbons (Fsp3) is 0.130. The molecule has 5 nitrogen and oxygen atoms in total. The standard InChI is InChI=1S/C23H19FN2O3/c1-3-28-23(27)22-20(26-19-10-9-14(2)11-18(19)24)17-13-25-12-16(21(17)29-22)15-7-5-4-6-8-15/h4-13,26H,3H2,1-2H3. The monoisotopic (exact) mass is 390 g/mol. The van der Waals surface area contributed by atoms with E-state index >= 15 is 0 Å². The summed E-state index contributed by atoms with van der Waals surface area (Å²) in [6.45, 7) is 3.71. The summed E-state index contributed by atoms with van der Waals surface area (Å²) in [5, 5.41) is 3.56. The van der Waals surface area contributed by atoms with Crippen LogP contribution in [0.3, 0.4) is 0 Å². The Morgan fingerprint density at radius 2 is 1.97 bits per heavy atom. The summed E-state index contributed by atoms with van der Waals surface area (Å²) >= 11 is 0. The van der Waals surface area contributed by atoms with Crippen LogP contribution in [0.2, 0.25) is 0 Å². The van der Waals surface area contributed by atoms with Gasteiger partial charge in [-0.2, -0.15) is 0 Å². The minimum absolute atomic E-state index is 0.0213. The fourth-order valence-electron chi connectivity index (χ4n) is 3.16. The quantitative estimate of drug-likeness (QED) is 0.432. The SMILES string of the molecule is CCOC(=O)c1oc2c(-c3ccccc3)cncc2c1Nc1ccc(C)cc1F. The van der Waals surface area contributed by atoms with Crippen LogP contribution in [-0.2, 0) is 4.74 Å². The van der Waals surface area contributed by atoms with Gasteiger partial charge in [-0.05, 0) is 37.1 Å². The summed E-state index contributed by atoms with van der Waals surface area (Å²) in [7, 11) is 0. The molecule has 1 N–H and O–H groups in total. The van der Waals surface area contributed by atoms with Crippen LogP contribution >= 0.6 is 0 Å². The molecule has 0 aliphatic heterocycles. The van der Waals surface area contributed by atoms with Crippen molar-refractivity contribution < 1.29 is 18.3 Å². The van der Waals surface area contributed by atoms with Gasteiger partial charge < -0.3 is 14.5 Å². The molecule has 0 aliphatic carbocycles. The van der Waals surface area contributed by atoms with E-state index < -0.39 is 11.8 Å². The number of nitrogens with zero attached hydrogens (tertiary/aromatic N) is 1. The second-order valence-electron chi connectivity index (χ2n) is 6.56. The van der Waals surface area contributed by atoms with Gasteiger partial charge in [0.15, 0.2) is 0 Å². The first-order valence-corrected chi connectivity index (χ1v) is 9.24. The van der Waals surface area contributed by atoms with Crippen LogP contribution < -0.4 is 5.32 Å². The number of ether oxygens (including phenoxy) is 1. The highest BCUT2D eigenvalue weighted by atomic mass is 19.1. The highest BCUT2D eigenvalue weighted by Gasteiger charge is 2.25. The first kappa shape index (κ1) is 18.7. The molecule has 0 bridgehead atoms. The molecule has 4 aromatic rings. The lowest BCUT2D eigenvalue weighted by molar-refractivity contribution is 0.0494. The first-order chi connectivity index (χ1) is 14.1. The number of rotatable bonds is 5. The predicted molar refractivity (Wildman–Crippen MR) is 110 cm³/mol. The van der Waals surface area contributed by atoms with Crippen LogP contribution in [0.4, 0.5) is 15.8 Å². The van der Waals surface area contributed by atoms with Crippen molar-refractivity contribution in [2.24, 2.45) is 0 Å². The Kier molecular flexibility index (Phi) is 4.99. The molecular weight excluding hydrogens is 371 g/mol. The Hall–Kier alpha value is -3.67. The number of furan rings is 1. The maximum atomic E-state index is 14.4. The molecular formula is C23H19FN2O3. The summed E-state index contributed by atoms with van der Waals surface area (Å²) in [6.07, 6.45) is 3.26. The predicted octanol–water partition coefficient (Wildman–Crippen LogP) is 5.86. The Balaban J connectivity index is 1.91. The molecule has 0 aliphatic rings. The van der Waals surface area contributed by atoms with E-state index in [1.165, 1.54) is 6.07 Å².